The highest BCUT2D eigenvalue weighted by atomic mass is 35.5. The second-order valence-electron chi connectivity index (χ2n) is 4.45. The van der Waals surface area contributed by atoms with Gasteiger partial charge in [-0.3, -0.25) is 0 Å². The molecule has 3 heteroatoms. The second-order valence-corrected chi connectivity index (χ2v) is 5.26. The number of para-hydroxylation sites is 1. The number of hydrogen-bond acceptors (Lipinski definition) is 1. The molecule has 0 saturated heterocycles. The maximum atomic E-state index is 6.15. The van der Waals surface area contributed by atoms with E-state index in [2.05, 4.69) is 12.2 Å². The van der Waals surface area contributed by atoms with Gasteiger partial charge >= 0.3 is 0 Å². The van der Waals surface area contributed by atoms with Gasteiger partial charge in [-0.2, -0.15) is 0 Å². The molecule has 1 aromatic carbocycles. The third-order valence-electron chi connectivity index (χ3n) is 3.48. The molecule has 0 bridgehead atoms. The van der Waals surface area contributed by atoms with Crippen LogP contribution in [0.5, 0.6) is 0 Å². The van der Waals surface area contributed by atoms with Crippen molar-refractivity contribution in [1.29, 1.82) is 0 Å². The van der Waals surface area contributed by atoms with Crippen LogP contribution < -0.4 is 5.32 Å². The van der Waals surface area contributed by atoms with Crippen molar-refractivity contribution in [2.45, 2.75) is 38.6 Å². The molecular weight excluding hydrogens is 241 g/mol. The van der Waals surface area contributed by atoms with Crippen LogP contribution in [-0.2, 0) is 0 Å². The van der Waals surface area contributed by atoms with Gasteiger partial charge in [0.1, 0.15) is 0 Å². The molecule has 0 radical (unpaired) electrons. The molecule has 1 nitrogen and oxygen atoms in total. The summed E-state index contributed by atoms with van der Waals surface area (Å²) in [4.78, 5) is 0. The van der Waals surface area contributed by atoms with E-state index in [4.69, 9.17) is 23.2 Å². The van der Waals surface area contributed by atoms with Crippen molar-refractivity contribution in [1.82, 2.24) is 0 Å². The summed E-state index contributed by atoms with van der Waals surface area (Å²) in [6.07, 6.45) is 5.06. The Bertz CT molecular complexity index is 345. The van der Waals surface area contributed by atoms with E-state index in [0.29, 0.717) is 16.1 Å². The van der Waals surface area contributed by atoms with Crippen LogP contribution in [0.15, 0.2) is 18.2 Å². The van der Waals surface area contributed by atoms with Crippen LogP contribution >= 0.6 is 23.2 Å². The molecule has 16 heavy (non-hydrogen) atoms. The molecule has 1 fully saturated rings. The molecule has 1 aliphatic rings. The summed E-state index contributed by atoms with van der Waals surface area (Å²) < 4.78 is 0. The van der Waals surface area contributed by atoms with E-state index in [0.717, 1.165) is 11.6 Å². The molecule has 2 rings (SSSR count). The van der Waals surface area contributed by atoms with E-state index in [1.807, 2.05) is 18.2 Å². The summed E-state index contributed by atoms with van der Waals surface area (Å²) in [6, 6.07) is 6.17. The van der Waals surface area contributed by atoms with Crippen molar-refractivity contribution >= 4 is 28.9 Å². The van der Waals surface area contributed by atoms with E-state index in [9.17, 15) is 0 Å². The minimum atomic E-state index is 0.530. The first-order chi connectivity index (χ1) is 7.72. The number of anilines is 1. The molecule has 0 spiro atoms. The Kier molecular flexibility index (Phi) is 3.99. The molecule has 1 aliphatic carbocycles. The lowest BCUT2D eigenvalue weighted by Gasteiger charge is -2.22. The van der Waals surface area contributed by atoms with Crippen molar-refractivity contribution in [3.63, 3.8) is 0 Å². The zero-order chi connectivity index (χ0) is 11.5. The zero-order valence-corrected chi connectivity index (χ0v) is 11.0. The first kappa shape index (κ1) is 12.1. The molecule has 1 saturated carbocycles. The first-order valence-corrected chi connectivity index (χ1v) is 6.68. The topological polar surface area (TPSA) is 12.0 Å². The second kappa shape index (κ2) is 5.29. The Labute approximate surface area is 107 Å². The van der Waals surface area contributed by atoms with Crippen LogP contribution in [0.2, 0.25) is 10.0 Å². The Hall–Kier alpha value is -0.400. The lowest BCUT2D eigenvalue weighted by atomic mass is 10.0. The number of nitrogens with one attached hydrogen (secondary N) is 1. The van der Waals surface area contributed by atoms with Crippen molar-refractivity contribution in [2.75, 3.05) is 5.32 Å². The summed E-state index contributed by atoms with van der Waals surface area (Å²) in [5.74, 6) is 0.757. The molecule has 0 aliphatic heterocycles. The van der Waals surface area contributed by atoms with Crippen LogP contribution in [-0.4, -0.2) is 6.04 Å². The minimum Gasteiger partial charge on any atom is -0.380 e. The summed E-state index contributed by atoms with van der Waals surface area (Å²) in [6.45, 7) is 2.25. The van der Waals surface area contributed by atoms with E-state index in [-0.39, 0.29) is 0 Å². The smallest absolute Gasteiger partial charge is 0.0721 e. The molecule has 2 atom stereocenters. The Morgan fingerprint density at radius 3 is 2.56 bits per heavy atom. The lowest BCUT2D eigenvalue weighted by Crippen LogP contribution is -2.23. The Morgan fingerprint density at radius 1 is 1.25 bits per heavy atom. The zero-order valence-electron chi connectivity index (χ0n) is 9.47. The predicted octanol–water partition coefficient (Wildman–Crippen LogP) is 4.98. The van der Waals surface area contributed by atoms with Gasteiger partial charge in [-0.05, 0) is 30.9 Å². The molecule has 0 aromatic heterocycles. The van der Waals surface area contributed by atoms with Crippen molar-refractivity contribution in [3.8, 4) is 0 Å². The quantitative estimate of drug-likeness (QED) is 0.805. The number of rotatable bonds is 3. The van der Waals surface area contributed by atoms with Crippen molar-refractivity contribution < 1.29 is 0 Å². The normalized spacial score (nSPS) is 24.7. The maximum Gasteiger partial charge on any atom is 0.0721 e. The lowest BCUT2D eigenvalue weighted by molar-refractivity contribution is 0.489. The summed E-state index contributed by atoms with van der Waals surface area (Å²) in [5, 5.41) is 4.95. The monoisotopic (exact) mass is 257 g/mol. The predicted molar refractivity (Wildman–Crippen MR) is 71.5 cm³/mol. The van der Waals surface area contributed by atoms with E-state index < -0.39 is 0 Å². The van der Waals surface area contributed by atoms with Gasteiger partial charge < -0.3 is 5.32 Å². The molecule has 0 heterocycles. The van der Waals surface area contributed by atoms with Gasteiger partial charge in [-0.15, -0.1) is 0 Å². The fraction of sp³-hybridized carbons (Fsp3) is 0.538. The van der Waals surface area contributed by atoms with E-state index in [1.54, 1.807) is 0 Å². The SMILES string of the molecule is CCC1CCCC1Nc1c(Cl)cccc1Cl. The number of benzene rings is 1. The molecule has 1 N–H and O–H groups in total. The molecule has 2 unspecified atom stereocenters. The van der Waals surface area contributed by atoms with Gasteiger partial charge in [0.2, 0.25) is 0 Å². The van der Waals surface area contributed by atoms with E-state index >= 15 is 0 Å². The molecule has 88 valence electrons. The summed E-state index contributed by atoms with van der Waals surface area (Å²) in [7, 11) is 0. The largest absolute Gasteiger partial charge is 0.380 e. The van der Waals surface area contributed by atoms with Gasteiger partial charge in [-0.1, -0.05) is 49.0 Å². The molecule has 0 amide bonds. The highest BCUT2D eigenvalue weighted by Gasteiger charge is 2.26. The van der Waals surface area contributed by atoms with Crippen molar-refractivity contribution in [3.05, 3.63) is 28.2 Å². The molecule has 1 aromatic rings. The fourth-order valence-electron chi connectivity index (χ4n) is 2.54. The van der Waals surface area contributed by atoms with Crippen LogP contribution in [0.1, 0.15) is 32.6 Å². The van der Waals surface area contributed by atoms with Crippen LogP contribution in [0.25, 0.3) is 0 Å². The van der Waals surface area contributed by atoms with Crippen LogP contribution in [0, 0.1) is 5.92 Å². The average molecular weight is 258 g/mol. The highest BCUT2D eigenvalue weighted by molar-refractivity contribution is 6.39. The average Bonchev–Trinajstić information content (AvgIpc) is 2.71. The minimum absolute atomic E-state index is 0.530. The standard InChI is InChI=1S/C13H17Cl2N/c1-2-9-5-3-8-12(9)16-13-10(14)6-4-7-11(13)15/h4,6-7,9,12,16H,2-3,5,8H2,1H3. The summed E-state index contributed by atoms with van der Waals surface area (Å²) >= 11 is 12.3. The van der Waals surface area contributed by atoms with Gasteiger partial charge in [0, 0.05) is 6.04 Å². The van der Waals surface area contributed by atoms with Gasteiger partial charge in [0.15, 0.2) is 0 Å². The first-order valence-electron chi connectivity index (χ1n) is 5.93. The van der Waals surface area contributed by atoms with Gasteiger partial charge in [-0.25, -0.2) is 0 Å². The van der Waals surface area contributed by atoms with Gasteiger partial charge in [0.05, 0.1) is 15.7 Å². The maximum absolute atomic E-state index is 6.15. The van der Waals surface area contributed by atoms with Crippen molar-refractivity contribution in [2.24, 2.45) is 5.92 Å². The molecular formula is C13H17Cl2N. The Morgan fingerprint density at radius 2 is 1.94 bits per heavy atom. The highest BCUT2D eigenvalue weighted by Crippen LogP contribution is 2.36. The number of hydrogen-bond donors (Lipinski definition) is 1. The Balaban J connectivity index is 2.14. The summed E-state index contributed by atoms with van der Waals surface area (Å²) in [5.41, 5.74) is 0.899. The van der Waals surface area contributed by atoms with Crippen LogP contribution in [0.4, 0.5) is 5.69 Å². The number of halogens is 2. The third kappa shape index (κ3) is 2.46. The third-order valence-corrected chi connectivity index (χ3v) is 4.11. The van der Waals surface area contributed by atoms with Crippen LogP contribution in [0.3, 0.4) is 0 Å². The van der Waals surface area contributed by atoms with E-state index in [1.165, 1.54) is 25.7 Å². The fourth-order valence-corrected chi connectivity index (χ4v) is 3.04. The van der Waals surface area contributed by atoms with Gasteiger partial charge in [0.25, 0.3) is 0 Å².